The van der Waals surface area contributed by atoms with Crippen LogP contribution < -0.4 is 4.74 Å². The largest absolute Gasteiger partial charge is 0.490 e. The number of hydrogen-bond acceptors (Lipinski definition) is 4. The Morgan fingerprint density at radius 3 is 3.00 bits per heavy atom. The number of carbonyl (C=O) groups is 1. The van der Waals surface area contributed by atoms with Gasteiger partial charge in [0.2, 0.25) is 0 Å². The molecule has 2 aromatic rings. The van der Waals surface area contributed by atoms with Crippen molar-refractivity contribution in [1.29, 1.82) is 0 Å². The maximum atomic E-state index is 12.7. The second-order valence-electron chi connectivity index (χ2n) is 6.44. The quantitative estimate of drug-likeness (QED) is 0.910. The van der Waals surface area contributed by atoms with Crippen LogP contribution in [-0.4, -0.2) is 46.2 Å². The van der Waals surface area contributed by atoms with Gasteiger partial charge in [0.15, 0.2) is 0 Å². The lowest BCUT2D eigenvalue weighted by atomic mass is 9.93. The molecule has 6 heteroatoms. The molecule has 5 nitrogen and oxygen atoms in total. The summed E-state index contributed by atoms with van der Waals surface area (Å²) in [5.41, 5.74) is 0.186. The van der Waals surface area contributed by atoms with Crippen LogP contribution in [0.3, 0.4) is 0 Å². The standard InChI is InChI=1S/C19H21ClN2O3/c1-14-17(7-3-9-21-14)18(23)22-10-4-8-19(24,12-22)13-25-16-6-2-5-15(20)11-16/h2-3,5-7,9,11,24H,4,8,10,12-13H2,1H3. The first-order valence-corrected chi connectivity index (χ1v) is 8.66. The molecule has 1 aromatic carbocycles. The number of amides is 1. The maximum absolute atomic E-state index is 12.7. The minimum atomic E-state index is -1.08. The molecule has 1 aliphatic heterocycles. The molecule has 1 N–H and O–H groups in total. The Labute approximate surface area is 152 Å². The minimum Gasteiger partial charge on any atom is -0.490 e. The number of nitrogens with zero attached hydrogens (tertiary/aromatic N) is 2. The number of carbonyl (C=O) groups excluding carboxylic acids is 1. The van der Waals surface area contributed by atoms with E-state index in [4.69, 9.17) is 16.3 Å². The van der Waals surface area contributed by atoms with E-state index >= 15 is 0 Å². The Balaban J connectivity index is 1.67. The number of rotatable bonds is 4. The van der Waals surface area contributed by atoms with Crippen LogP contribution in [-0.2, 0) is 0 Å². The van der Waals surface area contributed by atoms with Crippen LogP contribution in [0, 0.1) is 6.92 Å². The molecule has 0 spiro atoms. The molecular formula is C19H21ClN2O3. The fourth-order valence-electron chi connectivity index (χ4n) is 3.06. The number of pyridine rings is 1. The molecule has 2 heterocycles. The van der Waals surface area contributed by atoms with Gasteiger partial charge < -0.3 is 14.7 Å². The Morgan fingerprint density at radius 2 is 2.24 bits per heavy atom. The minimum absolute atomic E-state index is 0.105. The molecule has 1 aliphatic rings. The van der Waals surface area contributed by atoms with Gasteiger partial charge in [0, 0.05) is 23.5 Å². The molecule has 0 aliphatic carbocycles. The first-order chi connectivity index (χ1) is 12.0. The van der Waals surface area contributed by atoms with Crippen molar-refractivity contribution in [2.45, 2.75) is 25.4 Å². The molecule has 3 rings (SSSR count). The summed E-state index contributed by atoms with van der Waals surface area (Å²) in [5.74, 6) is 0.499. The van der Waals surface area contributed by atoms with Crippen LogP contribution in [0.4, 0.5) is 0 Å². The molecule has 0 bridgehead atoms. The zero-order chi connectivity index (χ0) is 17.9. The van der Waals surface area contributed by atoms with Crippen LogP contribution >= 0.6 is 11.6 Å². The average molecular weight is 361 g/mol. The molecule has 132 valence electrons. The highest BCUT2D eigenvalue weighted by atomic mass is 35.5. The second kappa shape index (κ2) is 7.42. The Hall–Kier alpha value is -2.11. The van der Waals surface area contributed by atoms with Crippen molar-refractivity contribution in [3.63, 3.8) is 0 Å². The monoisotopic (exact) mass is 360 g/mol. The number of halogens is 1. The number of aliphatic hydroxyl groups is 1. The lowest BCUT2D eigenvalue weighted by Gasteiger charge is -2.39. The third-order valence-electron chi connectivity index (χ3n) is 4.38. The molecule has 1 aromatic heterocycles. The van der Waals surface area contributed by atoms with Gasteiger partial charge in [-0.3, -0.25) is 9.78 Å². The van der Waals surface area contributed by atoms with Crippen molar-refractivity contribution in [1.82, 2.24) is 9.88 Å². The third-order valence-corrected chi connectivity index (χ3v) is 4.62. The van der Waals surface area contributed by atoms with Gasteiger partial charge in [0.25, 0.3) is 5.91 Å². The van der Waals surface area contributed by atoms with Crippen LogP contribution in [0.5, 0.6) is 5.75 Å². The van der Waals surface area contributed by atoms with Crippen LogP contribution in [0.25, 0.3) is 0 Å². The predicted octanol–water partition coefficient (Wildman–Crippen LogP) is 3.09. The van der Waals surface area contributed by atoms with Crippen molar-refractivity contribution in [2.24, 2.45) is 0 Å². The van der Waals surface area contributed by atoms with Crippen molar-refractivity contribution >= 4 is 17.5 Å². The van der Waals surface area contributed by atoms with E-state index in [1.807, 2.05) is 6.92 Å². The summed E-state index contributed by atoms with van der Waals surface area (Å²) in [4.78, 5) is 18.6. The van der Waals surface area contributed by atoms with E-state index in [9.17, 15) is 9.90 Å². The molecule has 1 atom stereocenters. The molecule has 1 unspecified atom stereocenters. The molecule has 1 saturated heterocycles. The summed E-state index contributed by atoms with van der Waals surface area (Å²) in [5, 5.41) is 11.5. The van der Waals surface area contributed by atoms with Gasteiger partial charge in [0.05, 0.1) is 12.1 Å². The highest BCUT2D eigenvalue weighted by Crippen LogP contribution is 2.25. The smallest absolute Gasteiger partial charge is 0.255 e. The van der Waals surface area contributed by atoms with Crippen LogP contribution in [0.15, 0.2) is 42.6 Å². The zero-order valence-electron chi connectivity index (χ0n) is 14.1. The van der Waals surface area contributed by atoms with Crippen molar-refractivity contribution in [2.75, 3.05) is 19.7 Å². The first kappa shape index (κ1) is 17.7. The Morgan fingerprint density at radius 1 is 1.40 bits per heavy atom. The number of benzene rings is 1. The topological polar surface area (TPSA) is 62.7 Å². The summed E-state index contributed by atoms with van der Waals surface area (Å²) >= 11 is 5.95. The van der Waals surface area contributed by atoms with Gasteiger partial charge in [-0.15, -0.1) is 0 Å². The lowest BCUT2D eigenvalue weighted by molar-refractivity contribution is -0.0532. The van der Waals surface area contributed by atoms with E-state index in [0.717, 1.165) is 6.42 Å². The summed E-state index contributed by atoms with van der Waals surface area (Å²) in [6, 6.07) is 10.6. The van der Waals surface area contributed by atoms with E-state index in [1.54, 1.807) is 47.5 Å². The fraction of sp³-hybridized carbons (Fsp3) is 0.368. The van der Waals surface area contributed by atoms with Gasteiger partial charge >= 0.3 is 0 Å². The van der Waals surface area contributed by atoms with Crippen molar-refractivity contribution < 1.29 is 14.6 Å². The summed E-state index contributed by atoms with van der Waals surface area (Å²) < 4.78 is 5.70. The number of aromatic nitrogens is 1. The van der Waals surface area contributed by atoms with Gasteiger partial charge in [-0.25, -0.2) is 0 Å². The molecule has 0 radical (unpaired) electrons. The zero-order valence-corrected chi connectivity index (χ0v) is 14.9. The number of β-amino-alcohol motifs (C(OH)–C–C–N with tert-alkyl or cyclic N) is 1. The fourth-order valence-corrected chi connectivity index (χ4v) is 3.24. The third kappa shape index (κ3) is 4.30. The number of aryl methyl sites for hydroxylation is 1. The average Bonchev–Trinajstić information content (AvgIpc) is 2.60. The Bertz CT molecular complexity index is 768. The number of likely N-dealkylation sites (tertiary alicyclic amines) is 1. The van der Waals surface area contributed by atoms with Crippen molar-refractivity contribution in [3.8, 4) is 5.75 Å². The van der Waals surface area contributed by atoms with E-state index in [2.05, 4.69) is 4.98 Å². The van der Waals surface area contributed by atoms with Crippen LogP contribution in [0.2, 0.25) is 5.02 Å². The van der Waals surface area contributed by atoms with E-state index in [-0.39, 0.29) is 19.1 Å². The SMILES string of the molecule is Cc1ncccc1C(=O)N1CCCC(O)(COc2cccc(Cl)c2)C1. The Kier molecular flexibility index (Phi) is 5.25. The van der Waals surface area contributed by atoms with Crippen LogP contribution in [0.1, 0.15) is 28.9 Å². The van der Waals surface area contributed by atoms with Gasteiger partial charge in [-0.2, -0.15) is 0 Å². The highest BCUT2D eigenvalue weighted by molar-refractivity contribution is 6.30. The molecular weight excluding hydrogens is 340 g/mol. The van der Waals surface area contributed by atoms with Gasteiger partial charge in [0.1, 0.15) is 18.0 Å². The summed E-state index contributed by atoms with van der Waals surface area (Å²) in [6.45, 7) is 2.78. The number of hydrogen-bond donors (Lipinski definition) is 1. The van der Waals surface area contributed by atoms with E-state index < -0.39 is 5.60 Å². The van der Waals surface area contributed by atoms with Gasteiger partial charge in [-0.05, 0) is 50.1 Å². The predicted molar refractivity (Wildman–Crippen MR) is 96.0 cm³/mol. The maximum Gasteiger partial charge on any atom is 0.255 e. The van der Waals surface area contributed by atoms with Crippen molar-refractivity contribution in [3.05, 3.63) is 58.9 Å². The van der Waals surface area contributed by atoms with Gasteiger partial charge in [-0.1, -0.05) is 17.7 Å². The lowest BCUT2D eigenvalue weighted by Crippen LogP contribution is -2.53. The molecule has 0 saturated carbocycles. The number of ether oxygens (including phenoxy) is 1. The molecule has 25 heavy (non-hydrogen) atoms. The number of piperidine rings is 1. The first-order valence-electron chi connectivity index (χ1n) is 8.28. The highest BCUT2D eigenvalue weighted by Gasteiger charge is 2.36. The van der Waals surface area contributed by atoms with E-state index in [1.165, 1.54) is 0 Å². The van der Waals surface area contributed by atoms with E-state index in [0.29, 0.717) is 35.0 Å². The molecule has 1 amide bonds. The normalized spacial score (nSPS) is 20.4. The summed E-state index contributed by atoms with van der Waals surface area (Å²) in [7, 11) is 0. The molecule has 1 fully saturated rings. The summed E-state index contributed by atoms with van der Waals surface area (Å²) in [6.07, 6.45) is 2.97. The second-order valence-corrected chi connectivity index (χ2v) is 6.87.